The summed E-state index contributed by atoms with van der Waals surface area (Å²) in [5.74, 6) is -1.98. The van der Waals surface area contributed by atoms with Gasteiger partial charge in [-0.1, -0.05) is 41.9 Å². The maximum Gasteiger partial charge on any atom is 0.410 e. The van der Waals surface area contributed by atoms with Gasteiger partial charge in [-0.3, -0.25) is 0 Å². The first-order chi connectivity index (χ1) is 19.0. The molecule has 0 unspecified atom stereocenters. The molecule has 0 radical (unpaired) electrons. The number of amides is 1. The number of nitrogens with zero attached hydrogens (tertiary/aromatic N) is 5. The van der Waals surface area contributed by atoms with Crippen molar-refractivity contribution in [3.8, 4) is 17.2 Å². The highest BCUT2D eigenvalue weighted by Gasteiger charge is 2.35. The van der Waals surface area contributed by atoms with Crippen LogP contribution in [0.4, 0.5) is 23.8 Å². The number of hydrogen-bond donors (Lipinski definition) is 0. The minimum absolute atomic E-state index is 0.0318. The molecule has 1 amide bonds. The number of ether oxygens (including phenoxy) is 1. The van der Waals surface area contributed by atoms with Crippen molar-refractivity contribution in [1.29, 1.82) is 5.26 Å². The molecule has 11 heteroatoms. The second kappa shape index (κ2) is 10.5. The number of fused-ring (bicyclic) bond motifs is 2. The molecular weight excluding hydrogens is 543 g/mol. The Morgan fingerprint density at radius 1 is 1.15 bits per heavy atom. The summed E-state index contributed by atoms with van der Waals surface area (Å²) < 4.78 is 52.0. The summed E-state index contributed by atoms with van der Waals surface area (Å²) in [4.78, 5) is 23.4. The molecule has 40 heavy (non-hydrogen) atoms. The predicted molar refractivity (Wildman–Crippen MR) is 147 cm³/mol. The van der Waals surface area contributed by atoms with Gasteiger partial charge >= 0.3 is 12.2 Å². The highest BCUT2D eigenvalue weighted by atomic mass is 35.5. The molecule has 0 bridgehead atoms. The average Bonchev–Trinajstić information content (AvgIpc) is 2.88. The number of rotatable bonds is 3. The van der Waals surface area contributed by atoms with E-state index < -0.39 is 41.0 Å². The van der Waals surface area contributed by atoms with Crippen molar-refractivity contribution < 1.29 is 22.7 Å². The largest absolute Gasteiger partial charge is 0.444 e. The second-order valence-corrected chi connectivity index (χ2v) is 10.9. The Hall–Kier alpha value is -4.10. The van der Waals surface area contributed by atoms with Crippen molar-refractivity contribution in [2.24, 2.45) is 0 Å². The van der Waals surface area contributed by atoms with Crippen LogP contribution in [0.15, 0.2) is 42.5 Å². The third-order valence-corrected chi connectivity index (χ3v) is 7.01. The highest BCUT2D eigenvalue weighted by molar-refractivity contribution is 6.36. The standard InChI is InChI=1S/C29H25ClF3N5O2/c1-29(2,3)40-28(39)38-13-12-37(15-17(38)10-11-34)26-19-14-21(31)23(24(32)25(19)35-27(33)36-26)18-8-4-6-16-7-5-9-20(30)22(16)18/h4-9,14,17H,10,12-13,15H2,1-3H3/t17-/m0/s1. The van der Waals surface area contributed by atoms with Crippen LogP contribution in [0.2, 0.25) is 5.02 Å². The molecule has 1 aliphatic rings. The van der Waals surface area contributed by atoms with E-state index in [9.17, 15) is 14.4 Å². The van der Waals surface area contributed by atoms with Gasteiger partial charge in [0.05, 0.1) is 24.1 Å². The molecule has 1 saturated heterocycles. The number of halogens is 4. The summed E-state index contributed by atoms with van der Waals surface area (Å²) in [5, 5.41) is 10.8. The topological polar surface area (TPSA) is 82.3 Å². The van der Waals surface area contributed by atoms with Crippen LogP contribution in [0, 0.1) is 29.0 Å². The number of benzene rings is 3. The Kier molecular flexibility index (Phi) is 7.19. The highest BCUT2D eigenvalue weighted by Crippen LogP contribution is 2.40. The summed E-state index contributed by atoms with van der Waals surface area (Å²) >= 11 is 6.40. The van der Waals surface area contributed by atoms with E-state index in [4.69, 9.17) is 16.3 Å². The number of hydrogen-bond acceptors (Lipinski definition) is 6. The van der Waals surface area contributed by atoms with Crippen LogP contribution in [-0.4, -0.2) is 52.2 Å². The van der Waals surface area contributed by atoms with Gasteiger partial charge in [-0.2, -0.15) is 19.6 Å². The number of nitriles is 1. The number of anilines is 1. The fourth-order valence-corrected chi connectivity index (χ4v) is 5.32. The van der Waals surface area contributed by atoms with Crippen molar-refractivity contribution in [3.63, 3.8) is 0 Å². The van der Waals surface area contributed by atoms with E-state index in [-0.39, 0.29) is 48.4 Å². The van der Waals surface area contributed by atoms with Crippen LogP contribution in [-0.2, 0) is 4.74 Å². The monoisotopic (exact) mass is 567 g/mol. The molecule has 5 rings (SSSR count). The molecule has 0 N–H and O–H groups in total. The van der Waals surface area contributed by atoms with E-state index in [0.29, 0.717) is 15.8 Å². The first-order valence-electron chi connectivity index (χ1n) is 12.6. The lowest BCUT2D eigenvalue weighted by atomic mass is 9.96. The quantitative estimate of drug-likeness (QED) is 0.252. The Morgan fingerprint density at radius 3 is 2.58 bits per heavy atom. The van der Waals surface area contributed by atoms with Crippen LogP contribution in [0.5, 0.6) is 0 Å². The maximum absolute atomic E-state index is 16.1. The van der Waals surface area contributed by atoms with E-state index in [1.165, 1.54) is 4.90 Å². The fraction of sp³-hybridized carbons (Fsp3) is 0.310. The first kappa shape index (κ1) is 27.5. The summed E-state index contributed by atoms with van der Waals surface area (Å²) in [6.45, 7) is 5.57. The second-order valence-electron chi connectivity index (χ2n) is 10.5. The predicted octanol–water partition coefficient (Wildman–Crippen LogP) is 6.86. The van der Waals surface area contributed by atoms with Crippen LogP contribution < -0.4 is 4.90 Å². The minimum Gasteiger partial charge on any atom is -0.444 e. The Morgan fingerprint density at radius 2 is 1.88 bits per heavy atom. The van der Waals surface area contributed by atoms with Crippen molar-refractivity contribution in [3.05, 3.63) is 65.2 Å². The Labute approximate surface area is 233 Å². The van der Waals surface area contributed by atoms with Gasteiger partial charge in [-0.05, 0) is 43.9 Å². The average molecular weight is 568 g/mol. The molecule has 1 atom stereocenters. The summed E-state index contributed by atoms with van der Waals surface area (Å²) in [6.07, 6.45) is -1.81. The number of carbonyl (C=O) groups excluding carboxylic acids is 1. The molecule has 3 aromatic carbocycles. The van der Waals surface area contributed by atoms with Gasteiger partial charge in [0, 0.05) is 35.4 Å². The van der Waals surface area contributed by atoms with Crippen LogP contribution in [0.25, 0.3) is 32.8 Å². The molecule has 0 saturated carbocycles. The molecule has 206 valence electrons. The van der Waals surface area contributed by atoms with Crippen molar-refractivity contribution >= 4 is 45.2 Å². The summed E-state index contributed by atoms with van der Waals surface area (Å²) in [6, 6.07) is 12.6. The van der Waals surface area contributed by atoms with Crippen LogP contribution in [0.1, 0.15) is 27.2 Å². The zero-order valence-corrected chi connectivity index (χ0v) is 22.8. The van der Waals surface area contributed by atoms with Crippen molar-refractivity contribution in [2.75, 3.05) is 24.5 Å². The minimum atomic E-state index is -1.19. The molecule has 1 aromatic heterocycles. The van der Waals surface area contributed by atoms with Gasteiger partial charge in [0.1, 0.15) is 22.8 Å². The fourth-order valence-electron chi connectivity index (χ4n) is 5.03. The molecular formula is C29H25ClF3N5O2. The van der Waals surface area contributed by atoms with E-state index >= 15 is 8.78 Å². The summed E-state index contributed by atoms with van der Waals surface area (Å²) in [7, 11) is 0. The number of aromatic nitrogens is 2. The summed E-state index contributed by atoms with van der Waals surface area (Å²) in [5.41, 5.74) is -1.30. The third kappa shape index (κ3) is 5.09. The molecule has 2 heterocycles. The van der Waals surface area contributed by atoms with Gasteiger partial charge in [-0.15, -0.1) is 0 Å². The van der Waals surface area contributed by atoms with E-state index in [2.05, 4.69) is 16.0 Å². The lowest BCUT2D eigenvalue weighted by Gasteiger charge is -2.41. The van der Waals surface area contributed by atoms with E-state index in [1.807, 2.05) is 0 Å². The molecule has 1 aliphatic heterocycles. The lowest BCUT2D eigenvalue weighted by molar-refractivity contribution is 0.0145. The van der Waals surface area contributed by atoms with Crippen LogP contribution in [0.3, 0.4) is 0 Å². The molecule has 0 spiro atoms. The maximum atomic E-state index is 16.1. The van der Waals surface area contributed by atoms with Gasteiger partial charge < -0.3 is 14.5 Å². The molecule has 7 nitrogen and oxygen atoms in total. The number of carbonyl (C=O) groups is 1. The normalized spacial score (nSPS) is 15.9. The van der Waals surface area contributed by atoms with Crippen molar-refractivity contribution in [1.82, 2.24) is 14.9 Å². The molecule has 1 fully saturated rings. The van der Waals surface area contributed by atoms with E-state index in [0.717, 1.165) is 6.07 Å². The van der Waals surface area contributed by atoms with Gasteiger partial charge in [0.15, 0.2) is 5.82 Å². The zero-order chi connectivity index (χ0) is 28.8. The Balaban J connectivity index is 1.59. The van der Waals surface area contributed by atoms with Crippen molar-refractivity contribution in [2.45, 2.75) is 38.8 Å². The molecule has 4 aromatic rings. The van der Waals surface area contributed by atoms with Gasteiger partial charge in [0.2, 0.25) is 0 Å². The third-order valence-electron chi connectivity index (χ3n) is 6.70. The molecule has 0 aliphatic carbocycles. The zero-order valence-electron chi connectivity index (χ0n) is 22.0. The SMILES string of the molecule is CC(C)(C)OC(=O)N1CCN(c2nc(F)nc3c(F)c(-c4cccc5cccc(Cl)c45)c(F)cc23)C[C@@H]1CC#N. The van der Waals surface area contributed by atoms with Crippen LogP contribution >= 0.6 is 11.6 Å². The first-order valence-corrected chi connectivity index (χ1v) is 13.0. The van der Waals surface area contributed by atoms with Gasteiger partial charge in [-0.25, -0.2) is 13.6 Å². The number of piperazine rings is 1. The Bertz CT molecular complexity index is 1680. The van der Waals surface area contributed by atoms with E-state index in [1.54, 1.807) is 62.1 Å². The smallest absolute Gasteiger partial charge is 0.410 e. The van der Waals surface area contributed by atoms with Gasteiger partial charge in [0.25, 0.3) is 0 Å². The lowest BCUT2D eigenvalue weighted by Crippen LogP contribution is -2.56.